The number of hydrogen-bond acceptors (Lipinski definition) is 2. The van der Waals surface area contributed by atoms with Gasteiger partial charge in [0.2, 0.25) is 0 Å². The minimum absolute atomic E-state index is 0.112. The van der Waals surface area contributed by atoms with Gasteiger partial charge in [0.25, 0.3) is 0 Å². The number of benzene rings is 2. The van der Waals surface area contributed by atoms with Gasteiger partial charge in [-0.2, -0.15) is 5.26 Å². The second kappa shape index (κ2) is 12.0. The fourth-order valence-electron chi connectivity index (χ4n) is 5.29. The Bertz CT molecular complexity index is 897. The lowest BCUT2D eigenvalue weighted by molar-refractivity contribution is 0.0982. The number of rotatable bonds is 11. The highest BCUT2D eigenvalue weighted by Gasteiger charge is 2.35. The van der Waals surface area contributed by atoms with E-state index in [0.717, 1.165) is 44.1 Å². The zero-order valence-corrected chi connectivity index (χ0v) is 20.0. The monoisotopic (exact) mass is 429 g/mol. The largest absolute Gasteiger partial charge is 0.294 e. The van der Waals surface area contributed by atoms with Crippen molar-refractivity contribution in [2.45, 2.75) is 96.8 Å². The van der Waals surface area contributed by atoms with Crippen LogP contribution in [-0.4, -0.2) is 5.78 Å². The maximum atomic E-state index is 12.2. The molecule has 0 amide bonds. The van der Waals surface area contributed by atoms with Gasteiger partial charge in [0, 0.05) is 12.0 Å². The summed E-state index contributed by atoms with van der Waals surface area (Å²) in [5.74, 6) is 0.733. The standard InChI is InChI=1S/C30H39NO/c1-3-5-6-7-10-20-30(23-31)21-18-25(19-22-30)28-13-9-8-12-27(28)24-14-16-26(17-15-24)29(32)11-4-2/h8-9,12-17,25H,3-7,10-11,18-22H2,1-2H3. The molecule has 0 radical (unpaired) electrons. The molecule has 3 rings (SSSR count). The van der Waals surface area contributed by atoms with Gasteiger partial charge >= 0.3 is 0 Å². The van der Waals surface area contributed by atoms with E-state index < -0.39 is 0 Å². The third kappa shape index (κ3) is 6.10. The molecule has 0 heterocycles. The highest BCUT2D eigenvalue weighted by molar-refractivity contribution is 5.96. The van der Waals surface area contributed by atoms with Crippen LogP contribution < -0.4 is 0 Å². The normalized spacial score (nSPS) is 20.6. The van der Waals surface area contributed by atoms with Crippen LogP contribution in [0, 0.1) is 16.7 Å². The average Bonchev–Trinajstić information content (AvgIpc) is 2.84. The lowest BCUT2D eigenvalue weighted by Gasteiger charge is -2.36. The molecule has 0 bridgehead atoms. The van der Waals surface area contributed by atoms with Gasteiger partial charge in [-0.1, -0.05) is 94.5 Å². The van der Waals surface area contributed by atoms with Crippen molar-refractivity contribution >= 4 is 5.78 Å². The molecule has 0 aliphatic heterocycles. The van der Waals surface area contributed by atoms with Crippen molar-refractivity contribution in [3.8, 4) is 17.2 Å². The summed E-state index contributed by atoms with van der Waals surface area (Å²) in [6, 6.07) is 19.6. The molecule has 1 fully saturated rings. The number of nitrogens with zero attached hydrogens (tertiary/aromatic N) is 1. The predicted octanol–water partition coefficient (Wildman–Crippen LogP) is 8.86. The molecule has 32 heavy (non-hydrogen) atoms. The molecular weight excluding hydrogens is 390 g/mol. The molecule has 2 heteroatoms. The summed E-state index contributed by atoms with van der Waals surface area (Å²) in [6.45, 7) is 4.29. The van der Waals surface area contributed by atoms with Gasteiger partial charge in [-0.15, -0.1) is 0 Å². The maximum absolute atomic E-state index is 12.2. The molecular formula is C30H39NO. The third-order valence-electron chi connectivity index (χ3n) is 7.33. The summed E-state index contributed by atoms with van der Waals surface area (Å²) in [5, 5.41) is 9.97. The Hall–Kier alpha value is -2.40. The first kappa shape index (κ1) is 24.2. The summed E-state index contributed by atoms with van der Waals surface area (Å²) in [5.41, 5.74) is 4.55. The van der Waals surface area contributed by atoms with Crippen molar-refractivity contribution in [2.75, 3.05) is 0 Å². The van der Waals surface area contributed by atoms with E-state index >= 15 is 0 Å². The van der Waals surface area contributed by atoms with E-state index in [1.54, 1.807) is 0 Å². The highest BCUT2D eigenvalue weighted by atomic mass is 16.1. The van der Waals surface area contributed by atoms with Crippen LogP contribution >= 0.6 is 0 Å². The molecule has 1 saturated carbocycles. The first-order valence-electron chi connectivity index (χ1n) is 12.8. The zero-order chi connectivity index (χ0) is 22.8. The first-order valence-corrected chi connectivity index (χ1v) is 12.8. The van der Waals surface area contributed by atoms with Gasteiger partial charge < -0.3 is 0 Å². The fraction of sp³-hybridized carbons (Fsp3) is 0.533. The molecule has 0 N–H and O–H groups in total. The quantitative estimate of drug-likeness (QED) is 0.264. The minimum atomic E-state index is -0.112. The summed E-state index contributed by atoms with van der Waals surface area (Å²) < 4.78 is 0. The van der Waals surface area contributed by atoms with Gasteiger partial charge in [0.05, 0.1) is 11.5 Å². The van der Waals surface area contributed by atoms with Crippen molar-refractivity contribution in [1.29, 1.82) is 5.26 Å². The number of nitriles is 1. The number of carbonyl (C=O) groups is 1. The number of unbranched alkanes of at least 4 members (excludes halogenated alkanes) is 4. The van der Waals surface area contributed by atoms with Crippen LogP contribution in [0.4, 0.5) is 0 Å². The second-order valence-electron chi connectivity index (χ2n) is 9.67. The Kier molecular flexibility index (Phi) is 9.10. The number of hydrogen-bond donors (Lipinski definition) is 0. The molecule has 0 atom stereocenters. The summed E-state index contributed by atoms with van der Waals surface area (Å²) in [6.07, 6.45) is 13.1. The predicted molar refractivity (Wildman–Crippen MR) is 134 cm³/mol. The van der Waals surface area contributed by atoms with Crippen LogP contribution in [0.1, 0.15) is 113 Å². The summed E-state index contributed by atoms with van der Waals surface area (Å²) in [7, 11) is 0. The molecule has 170 valence electrons. The third-order valence-corrected chi connectivity index (χ3v) is 7.33. The number of carbonyl (C=O) groups excluding carboxylic acids is 1. The molecule has 1 aliphatic rings. The topological polar surface area (TPSA) is 40.9 Å². The van der Waals surface area contributed by atoms with E-state index in [9.17, 15) is 10.1 Å². The number of ketones is 1. The van der Waals surface area contributed by atoms with E-state index in [2.05, 4.69) is 49.4 Å². The molecule has 0 unspecified atom stereocenters. The Morgan fingerprint density at radius 1 is 0.938 bits per heavy atom. The van der Waals surface area contributed by atoms with Crippen molar-refractivity contribution in [1.82, 2.24) is 0 Å². The lowest BCUT2D eigenvalue weighted by Crippen LogP contribution is -2.25. The van der Waals surface area contributed by atoms with Crippen molar-refractivity contribution in [3.63, 3.8) is 0 Å². The van der Waals surface area contributed by atoms with Crippen LogP contribution in [0.5, 0.6) is 0 Å². The summed E-state index contributed by atoms with van der Waals surface area (Å²) in [4.78, 5) is 12.2. The van der Waals surface area contributed by atoms with Crippen molar-refractivity contribution in [2.24, 2.45) is 5.41 Å². The zero-order valence-electron chi connectivity index (χ0n) is 20.0. The Morgan fingerprint density at radius 3 is 2.28 bits per heavy atom. The van der Waals surface area contributed by atoms with Crippen LogP contribution in [0.3, 0.4) is 0 Å². The molecule has 2 nitrogen and oxygen atoms in total. The van der Waals surface area contributed by atoms with Gasteiger partial charge in [-0.25, -0.2) is 0 Å². The number of Topliss-reactive ketones (excluding diaryl/α,β-unsaturated/α-hetero) is 1. The second-order valence-corrected chi connectivity index (χ2v) is 9.67. The fourth-order valence-corrected chi connectivity index (χ4v) is 5.29. The Morgan fingerprint density at radius 2 is 1.62 bits per heavy atom. The lowest BCUT2D eigenvalue weighted by atomic mass is 9.67. The Labute approximate surface area is 195 Å². The molecule has 0 saturated heterocycles. The smallest absolute Gasteiger partial charge is 0.162 e. The Balaban J connectivity index is 1.68. The van der Waals surface area contributed by atoms with Crippen molar-refractivity contribution in [3.05, 3.63) is 59.7 Å². The van der Waals surface area contributed by atoms with Gasteiger partial charge in [-0.3, -0.25) is 4.79 Å². The molecule has 1 aliphatic carbocycles. The van der Waals surface area contributed by atoms with Gasteiger partial charge in [0.1, 0.15) is 0 Å². The molecule has 2 aromatic rings. The van der Waals surface area contributed by atoms with E-state index in [0.29, 0.717) is 12.3 Å². The molecule has 0 aromatic heterocycles. The van der Waals surface area contributed by atoms with Crippen LogP contribution in [0.15, 0.2) is 48.5 Å². The van der Waals surface area contributed by atoms with Crippen LogP contribution in [0.25, 0.3) is 11.1 Å². The molecule has 0 spiro atoms. The average molecular weight is 430 g/mol. The summed E-state index contributed by atoms with van der Waals surface area (Å²) >= 11 is 0. The van der Waals surface area contributed by atoms with E-state index in [1.807, 2.05) is 19.1 Å². The molecule has 2 aromatic carbocycles. The van der Waals surface area contributed by atoms with Gasteiger partial charge in [0.15, 0.2) is 5.78 Å². The van der Waals surface area contributed by atoms with Crippen molar-refractivity contribution < 1.29 is 4.79 Å². The van der Waals surface area contributed by atoms with Crippen LogP contribution in [0.2, 0.25) is 0 Å². The van der Waals surface area contributed by atoms with Crippen LogP contribution in [-0.2, 0) is 0 Å². The van der Waals surface area contributed by atoms with E-state index in [4.69, 9.17) is 0 Å². The van der Waals surface area contributed by atoms with E-state index in [1.165, 1.54) is 48.8 Å². The van der Waals surface area contributed by atoms with Gasteiger partial charge in [-0.05, 0) is 61.1 Å². The first-order chi connectivity index (χ1) is 15.6. The van der Waals surface area contributed by atoms with E-state index in [-0.39, 0.29) is 11.2 Å². The maximum Gasteiger partial charge on any atom is 0.162 e. The minimum Gasteiger partial charge on any atom is -0.294 e. The SMILES string of the molecule is CCCCCCCC1(C#N)CCC(c2ccccc2-c2ccc(C(=O)CCC)cc2)CC1. The highest BCUT2D eigenvalue weighted by Crippen LogP contribution is 2.47.